The molecule has 154 valence electrons. The molecule has 4 heteroatoms. The predicted molar refractivity (Wildman–Crippen MR) is 110 cm³/mol. The standard InChI is InChI=1S/C24H35NO3/c1-3-5-13-27-19-11-10-17-14-20(25(4-2)15-16-8-9-16)24(26)12-6-7-18-22(24)21(17)23(19)28-18/h10-11,16,18,20,22,26H,3-9,12-15H2,1-2H3/t18-,20+,22?,24+/m0/s1. The lowest BCUT2D eigenvalue weighted by Gasteiger charge is -2.52. The van der Waals surface area contributed by atoms with Crippen molar-refractivity contribution in [3.63, 3.8) is 0 Å². The Morgan fingerprint density at radius 3 is 2.86 bits per heavy atom. The van der Waals surface area contributed by atoms with E-state index in [2.05, 4.69) is 30.9 Å². The van der Waals surface area contributed by atoms with Crippen molar-refractivity contribution in [3.05, 3.63) is 23.3 Å². The summed E-state index contributed by atoms with van der Waals surface area (Å²) in [5.41, 5.74) is 1.96. The summed E-state index contributed by atoms with van der Waals surface area (Å²) in [6.07, 6.45) is 8.91. The van der Waals surface area contributed by atoms with Crippen molar-refractivity contribution in [2.45, 2.75) is 88.9 Å². The van der Waals surface area contributed by atoms with Gasteiger partial charge in [-0.15, -0.1) is 0 Å². The molecular formula is C24H35NO3. The Bertz CT molecular complexity index is 731. The smallest absolute Gasteiger partial charge is 0.165 e. The first-order chi connectivity index (χ1) is 13.7. The maximum atomic E-state index is 12.1. The molecule has 1 N–H and O–H groups in total. The quantitative estimate of drug-likeness (QED) is 0.678. The van der Waals surface area contributed by atoms with Gasteiger partial charge in [0.2, 0.25) is 0 Å². The summed E-state index contributed by atoms with van der Waals surface area (Å²) in [7, 11) is 0. The molecule has 4 nitrogen and oxygen atoms in total. The number of rotatable bonds is 8. The summed E-state index contributed by atoms with van der Waals surface area (Å²) < 4.78 is 12.6. The highest BCUT2D eigenvalue weighted by Crippen LogP contribution is 2.59. The lowest BCUT2D eigenvalue weighted by Crippen LogP contribution is -2.62. The van der Waals surface area contributed by atoms with E-state index in [-0.39, 0.29) is 18.1 Å². The first kappa shape index (κ1) is 18.7. The fraction of sp³-hybridized carbons (Fsp3) is 0.750. The molecule has 1 heterocycles. The van der Waals surface area contributed by atoms with Gasteiger partial charge >= 0.3 is 0 Å². The van der Waals surface area contributed by atoms with Crippen LogP contribution in [0.2, 0.25) is 0 Å². The first-order valence-corrected chi connectivity index (χ1v) is 11.6. The zero-order valence-electron chi connectivity index (χ0n) is 17.5. The van der Waals surface area contributed by atoms with Crippen LogP contribution in [0.5, 0.6) is 11.5 Å². The van der Waals surface area contributed by atoms with Crippen molar-refractivity contribution in [1.29, 1.82) is 0 Å². The average Bonchev–Trinajstić information content (AvgIpc) is 3.42. The summed E-state index contributed by atoms with van der Waals surface area (Å²) >= 11 is 0. The molecule has 2 saturated carbocycles. The van der Waals surface area contributed by atoms with E-state index in [1.165, 1.54) is 24.0 Å². The van der Waals surface area contributed by atoms with Crippen LogP contribution in [0.1, 0.15) is 75.8 Å². The normalized spacial score (nSPS) is 32.9. The Labute approximate surface area is 169 Å². The van der Waals surface area contributed by atoms with Crippen LogP contribution >= 0.6 is 0 Å². The lowest BCUT2D eigenvalue weighted by molar-refractivity contribution is -0.112. The first-order valence-electron chi connectivity index (χ1n) is 11.6. The molecule has 0 saturated heterocycles. The van der Waals surface area contributed by atoms with Crippen molar-refractivity contribution in [2.24, 2.45) is 5.92 Å². The van der Waals surface area contributed by atoms with E-state index in [1.807, 2.05) is 0 Å². The van der Waals surface area contributed by atoms with Crippen LogP contribution in [0.4, 0.5) is 0 Å². The predicted octanol–water partition coefficient (Wildman–Crippen LogP) is 4.28. The second-order valence-corrected chi connectivity index (χ2v) is 9.44. The number of hydrogen-bond donors (Lipinski definition) is 1. The van der Waals surface area contributed by atoms with E-state index in [9.17, 15) is 5.11 Å². The fourth-order valence-corrected chi connectivity index (χ4v) is 5.96. The van der Waals surface area contributed by atoms with E-state index >= 15 is 0 Å². The van der Waals surface area contributed by atoms with Crippen LogP contribution in [0, 0.1) is 5.92 Å². The minimum absolute atomic E-state index is 0.103. The van der Waals surface area contributed by atoms with Gasteiger partial charge in [-0.3, -0.25) is 4.90 Å². The zero-order valence-corrected chi connectivity index (χ0v) is 17.5. The molecule has 28 heavy (non-hydrogen) atoms. The molecule has 3 aliphatic carbocycles. The van der Waals surface area contributed by atoms with Crippen LogP contribution in [0.15, 0.2) is 12.1 Å². The third-order valence-electron chi connectivity index (χ3n) is 7.59. The molecule has 2 fully saturated rings. The number of unbranched alkanes of at least 4 members (excludes halogenated alkanes) is 1. The molecule has 0 radical (unpaired) electrons. The molecule has 1 unspecified atom stereocenters. The van der Waals surface area contributed by atoms with Gasteiger partial charge in [0.05, 0.1) is 18.1 Å². The van der Waals surface area contributed by atoms with E-state index in [4.69, 9.17) is 9.47 Å². The molecule has 0 aromatic heterocycles. The van der Waals surface area contributed by atoms with Gasteiger partial charge < -0.3 is 14.6 Å². The minimum atomic E-state index is -0.673. The van der Waals surface area contributed by atoms with Gasteiger partial charge in [0.25, 0.3) is 0 Å². The monoisotopic (exact) mass is 385 g/mol. The third-order valence-corrected chi connectivity index (χ3v) is 7.59. The number of likely N-dealkylation sites (N-methyl/N-ethyl adjacent to an activating group) is 1. The molecule has 1 aliphatic heterocycles. The molecule has 1 aromatic carbocycles. The SMILES string of the molecule is CCCCOc1ccc2c3c1O[C@H]1CCC[C@](O)(C31)[C@H](N(CC)CC1CC1)C2. The molecular weight excluding hydrogens is 350 g/mol. The molecule has 0 bridgehead atoms. The van der Waals surface area contributed by atoms with Gasteiger partial charge in [0.1, 0.15) is 6.10 Å². The van der Waals surface area contributed by atoms with E-state index in [0.717, 1.165) is 75.6 Å². The van der Waals surface area contributed by atoms with Gasteiger partial charge in [0, 0.05) is 18.2 Å². The minimum Gasteiger partial charge on any atom is -0.490 e. The van der Waals surface area contributed by atoms with Crippen molar-refractivity contribution in [2.75, 3.05) is 19.7 Å². The van der Waals surface area contributed by atoms with E-state index in [0.29, 0.717) is 0 Å². The maximum absolute atomic E-state index is 12.1. The Morgan fingerprint density at radius 2 is 2.11 bits per heavy atom. The van der Waals surface area contributed by atoms with Gasteiger partial charge in [-0.25, -0.2) is 0 Å². The topological polar surface area (TPSA) is 41.9 Å². The summed E-state index contributed by atoms with van der Waals surface area (Å²) in [5.74, 6) is 2.77. The number of ether oxygens (including phenoxy) is 2. The number of aliphatic hydroxyl groups is 1. The van der Waals surface area contributed by atoms with Crippen molar-refractivity contribution in [1.82, 2.24) is 4.90 Å². The molecule has 0 spiro atoms. The van der Waals surface area contributed by atoms with Crippen LogP contribution in [-0.2, 0) is 6.42 Å². The van der Waals surface area contributed by atoms with Crippen LogP contribution in [-0.4, -0.2) is 47.4 Å². The lowest BCUT2D eigenvalue weighted by atomic mass is 9.62. The highest BCUT2D eigenvalue weighted by molar-refractivity contribution is 5.59. The van der Waals surface area contributed by atoms with Gasteiger partial charge in [0.15, 0.2) is 11.5 Å². The van der Waals surface area contributed by atoms with E-state index < -0.39 is 5.60 Å². The summed E-state index contributed by atoms with van der Waals surface area (Å²) in [4.78, 5) is 2.58. The Morgan fingerprint density at radius 1 is 1.25 bits per heavy atom. The van der Waals surface area contributed by atoms with Gasteiger partial charge in [-0.2, -0.15) is 0 Å². The number of benzene rings is 1. The van der Waals surface area contributed by atoms with Crippen molar-refractivity contribution in [3.8, 4) is 11.5 Å². The Kier molecular flexibility index (Phi) is 4.83. The van der Waals surface area contributed by atoms with Crippen molar-refractivity contribution >= 4 is 0 Å². The largest absolute Gasteiger partial charge is 0.490 e. The molecule has 0 amide bonds. The second-order valence-electron chi connectivity index (χ2n) is 9.44. The molecule has 4 atom stereocenters. The highest BCUT2D eigenvalue weighted by Gasteiger charge is 2.59. The fourth-order valence-electron chi connectivity index (χ4n) is 5.96. The zero-order chi connectivity index (χ0) is 19.3. The second kappa shape index (κ2) is 7.21. The van der Waals surface area contributed by atoms with Crippen LogP contribution < -0.4 is 9.47 Å². The van der Waals surface area contributed by atoms with Crippen LogP contribution in [0.25, 0.3) is 0 Å². The molecule has 1 aromatic rings. The van der Waals surface area contributed by atoms with Crippen LogP contribution in [0.3, 0.4) is 0 Å². The third kappa shape index (κ3) is 2.95. The summed E-state index contributed by atoms with van der Waals surface area (Å²) in [6.45, 7) is 7.33. The Hall–Kier alpha value is -1.26. The number of nitrogens with zero attached hydrogens (tertiary/aromatic N) is 1. The molecule has 4 aliphatic rings. The Balaban J connectivity index is 1.51. The summed E-state index contributed by atoms with van der Waals surface area (Å²) in [6, 6.07) is 4.57. The number of hydrogen-bond acceptors (Lipinski definition) is 4. The van der Waals surface area contributed by atoms with Crippen molar-refractivity contribution < 1.29 is 14.6 Å². The van der Waals surface area contributed by atoms with Gasteiger partial charge in [-0.05, 0) is 69.0 Å². The molecule has 5 rings (SSSR count). The summed E-state index contributed by atoms with van der Waals surface area (Å²) in [5, 5.41) is 12.1. The highest BCUT2D eigenvalue weighted by atomic mass is 16.5. The van der Waals surface area contributed by atoms with E-state index in [1.54, 1.807) is 0 Å². The van der Waals surface area contributed by atoms with Gasteiger partial charge in [-0.1, -0.05) is 26.3 Å². The average molecular weight is 386 g/mol. The maximum Gasteiger partial charge on any atom is 0.165 e.